The molecule has 1 saturated heterocycles. The van der Waals surface area contributed by atoms with E-state index in [1.807, 2.05) is 18.2 Å². The van der Waals surface area contributed by atoms with E-state index in [2.05, 4.69) is 46.4 Å². The van der Waals surface area contributed by atoms with Gasteiger partial charge >= 0.3 is 0 Å². The van der Waals surface area contributed by atoms with Crippen LogP contribution in [-0.4, -0.2) is 42.0 Å². The molecular formula is C21H25N3O. The molecular weight excluding hydrogens is 310 g/mol. The lowest BCUT2D eigenvalue weighted by molar-refractivity contribution is 0.0929. The fourth-order valence-corrected chi connectivity index (χ4v) is 3.95. The monoisotopic (exact) mass is 335 g/mol. The number of benzene rings is 2. The highest BCUT2D eigenvalue weighted by Gasteiger charge is 2.20. The summed E-state index contributed by atoms with van der Waals surface area (Å²) in [6, 6.07) is 14.4. The van der Waals surface area contributed by atoms with E-state index in [0.717, 1.165) is 30.5 Å². The summed E-state index contributed by atoms with van der Waals surface area (Å²) < 4.78 is 0. The predicted octanol–water partition coefficient (Wildman–Crippen LogP) is 3.78. The van der Waals surface area contributed by atoms with Gasteiger partial charge in [0.2, 0.25) is 0 Å². The number of nitrogens with one attached hydrogen (secondary N) is 2. The Labute approximate surface area is 148 Å². The number of hydrogen-bond donors (Lipinski definition) is 2. The lowest BCUT2D eigenvalue weighted by Gasteiger charge is -2.31. The minimum absolute atomic E-state index is 0.00565. The maximum Gasteiger partial charge on any atom is 0.267 e. The Balaban J connectivity index is 1.49. The van der Waals surface area contributed by atoms with Crippen LogP contribution in [0.25, 0.3) is 21.7 Å². The number of carbonyl (C=O) groups is 1. The first-order chi connectivity index (χ1) is 12.2. The fraction of sp³-hybridized carbons (Fsp3) is 0.381. The molecule has 0 spiro atoms. The zero-order chi connectivity index (χ0) is 17.2. The highest BCUT2D eigenvalue weighted by molar-refractivity contribution is 6.09. The second kappa shape index (κ2) is 6.89. The Hall–Kier alpha value is -2.33. The van der Waals surface area contributed by atoms with E-state index in [0.29, 0.717) is 11.6 Å². The molecule has 0 saturated carbocycles. The van der Waals surface area contributed by atoms with Gasteiger partial charge in [0.15, 0.2) is 0 Å². The summed E-state index contributed by atoms with van der Waals surface area (Å²) in [5.74, 6) is 0.553. The van der Waals surface area contributed by atoms with Crippen LogP contribution >= 0.6 is 0 Å². The van der Waals surface area contributed by atoms with Crippen LogP contribution in [0.4, 0.5) is 0 Å². The maximum absolute atomic E-state index is 12.6. The number of carbonyl (C=O) groups excluding carboxylic acids is 1. The number of amides is 1. The van der Waals surface area contributed by atoms with E-state index >= 15 is 0 Å². The minimum Gasteiger partial charge on any atom is -0.351 e. The first kappa shape index (κ1) is 16.2. The molecule has 25 heavy (non-hydrogen) atoms. The van der Waals surface area contributed by atoms with Crippen molar-refractivity contribution in [2.24, 2.45) is 5.92 Å². The van der Waals surface area contributed by atoms with E-state index in [-0.39, 0.29) is 5.91 Å². The third kappa shape index (κ3) is 3.27. The summed E-state index contributed by atoms with van der Waals surface area (Å²) in [6.07, 6.45) is 2.43. The smallest absolute Gasteiger partial charge is 0.267 e. The molecule has 1 atom stereocenters. The van der Waals surface area contributed by atoms with Crippen molar-refractivity contribution in [1.82, 2.24) is 15.2 Å². The molecule has 2 aromatic carbocycles. The molecule has 2 heterocycles. The quantitative estimate of drug-likeness (QED) is 0.762. The van der Waals surface area contributed by atoms with E-state index in [9.17, 15) is 4.79 Å². The van der Waals surface area contributed by atoms with Gasteiger partial charge < -0.3 is 15.2 Å². The zero-order valence-electron chi connectivity index (χ0n) is 14.7. The lowest BCUT2D eigenvalue weighted by atomic mass is 9.98. The number of fused-ring (bicyclic) bond motifs is 3. The molecule has 0 unspecified atom stereocenters. The van der Waals surface area contributed by atoms with Crippen LogP contribution < -0.4 is 5.32 Å². The van der Waals surface area contributed by atoms with Gasteiger partial charge in [-0.15, -0.1) is 0 Å². The summed E-state index contributed by atoms with van der Waals surface area (Å²) >= 11 is 0. The molecule has 0 aliphatic carbocycles. The summed E-state index contributed by atoms with van der Waals surface area (Å²) in [6.45, 7) is 6.34. The second-order valence-corrected chi connectivity index (χ2v) is 7.04. The van der Waals surface area contributed by atoms with Crippen LogP contribution in [-0.2, 0) is 0 Å². The van der Waals surface area contributed by atoms with Crippen LogP contribution in [0.1, 0.15) is 30.3 Å². The molecule has 1 aromatic heterocycles. The first-order valence-electron chi connectivity index (χ1n) is 9.25. The van der Waals surface area contributed by atoms with Gasteiger partial charge in [-0.25, -0.2) is 0 Å². The number of likely N-dealkylation sites (tertiary alicyclic amines) is 1. The lowest BCUT2D eigenvalue weighted by Crippen LogP contribution is -2.40. The van der Waals surface area contributed by atoms with E-state index < -0.39 is 0 Å². The van der Waals surface area contributed by atoms with Crippen LogP contribution in [0.5, 0.6) is 0 Å². The number of rotatable bonds is 4. The van der Waals surface area contributed by atoms with Gasteiger partial charge in [0.25, 0.3) is 5.91 Å². The predicted molar refractivity (Wildman–Crippen MR) is 103 cm³/mol. The number of aromatic nitrogens is 1. The topological polar surface area (TPSA) is 48.1 Å². The largest absolute Gasteiger partial charge is 0.351 e. The highest BCUT2D eigenvalue weighted by Crippen LogP contribution is 2.26. The molecule has 4 heteroatoms. The Bertz CT molecular complexity index is 898. The van der Waals surface area contributed by atoms with Crippen molar-refractivity contribution in [2.75, 3.05) is 26.2 Å². The van der Waals surface area contributed by atoms with Gasteiger partial charge in [0, 0.05) is 24.0 Å². The van der Waals surface area contributed by atoms with Crippen LogP contribution in [0.2, 0.25) is 0 Å². The van der Waals surface area contributed by atoms with Gasteiger partial charge in [-0.2, -0.15) is 0 Å². The van der Waals surface area contributed by atoms with Crippen molar-refractivity contribution in [3.05, 3.63) is 48.2 Å². The van der Waals surface area contributed by atoms with E-state index in [4.69, 9.17) is 0 Å². The van der Waals surface area contributed by atoms with Crippen molar-refractivity contribution >= 4 is 27.6 Å². The average molecular weight is 335 g/mol. The molecule has 1 fully saturated rings. The molecule has 2 N–H and O–H groups in total. The van der Waals surface area contributed by atoms with Crippen molar-refractivity contribution < 1.29 is 4.79 Å². The Morgan fingerprint density at radius 1 is 1.24 bits per heavy atom. The molecule has 4 rings (SSSR count). The molecule has 1 aliphatic heterocycles. The number of nitrogens with zero attached hydrogens (tertiary/aromatic N) is 1. The summed E-state index contributed by atoms with van der Waals surface area (Å²) in [4.78, 5) is 18.3. The number of piperidine rings is 1. The molecule has 3 aromatic rings. The third-order valence-electron chi connectivity index (χ3n) is 5.37. The van der Waals surface area contributed by atoms with Crippen LogP contribution in [0.3, 0.4) is 0 Å². The molecule has 1 aliphatic rings. The van der Waals surface area contributed by atoms with E-state index in [1.165, 1.54) is 30.2 Å². The summed E-state index contributed by atoms with van der Waals surface area (Å²) in [5.41, 5.74) is 1.66. The molecule has 0 bridgehead atoms. The highest BCUT2D eigenvalue weighted by atomic mass is 16.1. The van der Waals surface area contributed by atoms with Gasteiger partial charge in [-0.05, 0) is 54.8 Å². The van der Waals surface area contributed by atoms with Gasteiger partial charge in [0.05, 0.1) is 0 Å². The van der Waals surface area contributed by atoms with Gasteiger partial charge in [-0.1, -0.05) is 37.3 Å². The Morgan fingerprint density at radius 3 is 3.00 bits per heavy atom. The standard InChI is InChI=1S/C21H25N3O/c1-2-24-11-5-6-15(14-24)13-22-21(25)20-12-18-17-8-4-3-7-16(17)9-10-19(18)23-20/h3-4,7-10,12,15,23H,2,5-6,11,13-14H2,1H3,(H,22,25)/t15-/m0/s1. The van der Waals surface area contributed by atoms with Crippen molar-refractivity contribution in [2.45, 2.75) is 19.8 Å². The fourth-order valence-electron chi connectivity index (χ4n) is 3.95. The Morgan fingerprint density at radius 2 is 2.12 bits per heavy atom. The summed E-state index contributed by atoms with van der Waals surface area (Å²) in [5, 5.41) is 6.61. The normalized spacial score (nSPS) is 18.7. The first-order valence-corrected chi connectivity index (χ1v) is 9.25. The van der Waals surface area contributed by atoms with E-state index in [1.54, 1.807) is 0 Å². The number of aromatic amines is 1. The number of H-pyrrole nitrogens is 1. The van der Waals surface area contributed by atoms with Gasteiger partial charge in [0.1, 0.15) is 5.69 Å². The summed E-state index contributed by atoms with van der Waals surface area (Å²) in [7, 11) is 0. The van der Waals surface area contributed by atoms with Crippen molar-refractivity contribution in [3.8, 4) is 0 Å². The second-order valence-electron chi connectivity index (χ2n) is 7.04. The average Bonchev–Trinajstić information content (AvgIpc) is 3.11. The van der Waals surface area contributed by atoms with Crippen LogP contribution in [0.15, 0.2) is 42.5 Å². The third-order valence-corrected chi connectivity index (χ3v) is 5.37. The molecule has 4 nitrogen and oxygen atoms in total. The minimum atomic E-state index is -0.00565. The van der Waals surface area contributed by atoms with Gasteiger partial charge in [-0.3, -0.25) is 4.79 Å². The zero-order valence-corrected chi connectivity index (χ0v) is 14.7. The molecule has 130 valence electrons. The van der Waals surface area contributed by atoms with Crippen LogP contribution in [0, 0.1) is 5.92 Å². The SMILES string of the molecule is CCN1CCC[C@@H](CNC(=O)c2cc3c(ccc4ccccc43)[nH]2)C1. The molecule has 0 radical (unpaired) electrons. The van der Waals surface area contributed by atoms with Crippen molar-refractivity contribution in [1.29, 1.82) is 0 Å². The number of hydrogen-bond acceptors (Lipinski definition) is 2. The Kier molecular flexibility index (Phi) is 4.45. The van der Waals surface area contributed by atoms with Crippen molar-refractivity contribution in [3.63, 3.8) is 0 Å². The molecule has 1 amide bonds. The maximum atomic E-state index is 12.6.